The molecule has 0 radical (unpaired) electrons. The van der Waals surface area contributed by atoms with E-state index in [0.717, 1.165) is 11.1 Å². The molecule has 0 amide bonds. The number of nitrogens with one attached hydrogen (secondary N) is 1. The minimum Gasteiger partial charge on any atom is -0.468 e. The van der Waals surface area contributed by atoms with Crippen molar-refractivity contribution < 1.29 is 33.7 Å². The van der Waals surface area contributed by atoms with Crippen LogP contribution in [0.1, 0.15) is 18.0 Å². The van der Waals surface area contributed by atoms with E-state index >= 15 is 0 Å². The van der Waals surface area contributed by atoms with Gasteiger partial charge in [-0.15, -0.1) is 0 Å². The Labute approximate surface area is 196 Å². The molecule has 1 saturated carbocycles. The summed E-state index contributed by atoms with van der Waals surface area (Å²) in [5.74, 6) is -1.33. The Bertz CT molecular complexity index is 1170. The largest absolute Gasteiger partial charge is 0.468 e. The second-order valence-corrected chi connectivity index (χ2v) is 9.83. The zero-order valence-electron chi connectivity index (χ0n) is 18.5. The Morgan fingerprint density at radius 2 is 2.03 bits per heavy atom. The van der Waals surface area contributed by atoms with Gasteiger partial charge >= 0.3 is 13.7 Å². The molecule has 0 saturated heterocycles. The summed E-state index contributed by atoms with van der Waals surface area (Å²) in [6.07, 6.45) is 2.90. The van der Waals surface area contributed by atoms with Gasteiger partial charge in [-0.25, -0.2) is 14.6 Å². The highest BCUT2D eigenvalue weighted by molar-refractivity contribution is 7.50. The zero-order valence-corrected chi connectivity index (χ0v) is 19.4. The maximum absolute atomic E-state index is 12.7. The van der Waals surface area contributed by atoms with Crippen molar-refractivity contribution in [3.63, 3.8) is 0 Å². The zero-order chi connectivity index (χ0) is 24.3. The molecule has 0 aliphatic heterocycles. The number of esters is 1. The number of rotatable bonds is 9. The number of pyridine rings is 1. The van der Waals surface area contributed by atoms with E-state index in [-0.39, 0.29) is 13.0 Å². The SMILES string of the molecule is COC(=O)[C@H](Cc1ccccc1)NP(=O)(O)OCC1CC(n2cnc3cnccc32)C(O)C1O. The second-order valence-electron chi connectivity index (χ2n) is 8.27. The fourth-order valence-electron chi connectivity index (χ4n) is 4.29. The number of benzene rings is 1. The van der Waals surface area contributed by atoms with Crippen molar-refractivity contribution in [1.82, 2.24) is 19.6 Å². The van der Waals surface area contributed by atoms with Crippen molar-refractivity contribution >= 4 is 24.7 Å². The summed E-state index contributed by atoms with van der Waals surface area (Å²) >= 11 is 0. The van der Waals surface area contributed by atoms with Crippen LogP contribution >= 0.6 is 7.75 Å². The molecule has 12 heteroatoms. The smallest absolute Gasteiger partial charge is 0.403 e. The Kier molecular flexibility index (Phi) is 7.42. The number of aromatic nitrogens is 3. The highest BCUT2D eigenvalue weighted by Crippen LogP contribution is 2.43. The van der Waals surface area contributed by atoms with Crippen LogP contribution in [0.25, 0.3) is 11.0 Å². The summed E-state index contributed by atoms with van der Waals surface area (Å²) in [4.78, 5) is 30.8. The molecule has 2 heterocycles. The van der Waals surface area contributed by atoms with Gasteiger partial charge in [-0.05, 0) is 24.5 Å². The first-order chi connectivity index (χ1) is 16.3. The first-order valence-corrected chi connectivity index (χ1v) is 12.4. The number of imidazole rings is 1. The summed E-state index contributed by atoms with van der Waals surface area (Å²) in [7, 11) is -3.25. The van der Waals surface area contributed by atoms with Gasteiger partial charge in [0.2, 0.25) is 0 Å². The quantitative estimate of drug-likeness (QED) is 0.254. The first kappa shape index (κ1) is 24.5. The van der Waals surface area contributed by atoms with Crippen LogP contribution in [0.3, 0.4) is 0 Å². The van der Waals surface area contributed by atoms with Crippen molar-refractivity contribution in [2.24, 2.45) is 5.92 Å². The number of nitrogens with zero attached hydrogens (tertiary/aromatic N) is 3. The maximum Gasteiger partial charge on any atom is 0.403 e. The Morgan fingerprint density at radius 3 is 2.76 bits per heavy atom. The molecule has 1 aliphatic rings. The van der Waals surface area contributed by atoms with Gasteiger partial charge < -0.3 is 24.4 Å². The molecule has 6 atom stereocenters. The fraction of sp³-hybridized carbons (Fsp3) is 0.409. The van der Waals surface area contributed by atoms with Crippen molar-refractivity contribution in [2.45, 2.75) is 37.1 Å². The third-order valence-corrected chi connectivity index (χ3v) is 7.19. The number of carbonyl (C=O) groups excluding carboxylic acids is 1. The van der Waals surface area contributed by atoms with Gasteiger partial charge in [0.15, 0.2) is 0 Å². The van der Waals surface area contributed by atoms with Crippen LogP contribution in [0.5, 0.6) is 0 Å². The fourth-order valence-corrected chi connectivity index (χ4v) is 5.35. The number of hydrogen-bond donors (Lipinski definition) is 4. The van der Waals surface area contributed by atoms with E-state index in [1.807, 2.05) is 6.07 Å². The molecule has 5 unspecified atom stereocenters. The Hall–Kier alpha value is -2.66. The summed E-state index contributed by atoms with van der Waals surface area (Å²) in [5.41, 5.74) is 2.18. The van der Waals surface area contributed by atoms with Gasteiger partial charge in [0.05, 0.1) is 43.9 Å². The van der Waals surface area contributed by atoms with Crippen LogP contribution in [0.15, 0.2) is 55.1 Å². The lowest BCUT2D eigenvalue weighted by Crippen LogP contribution is -2.38. The van der Waals surface area contributed by atoms with Crippen molar-refractivity contribution in [3.8, 4) is 0 Å². The van der Waals surface area contributed by atoms with E-state index in [2.05, 4.69) is 15.1 Å². The third-order valence-electron chi connectivity index (χ3n) is 6.06. The number of hydrogen-bond acceptors (Lipinski definition) is 8. The molecule has 0 bridgehead atoms. The molecule has 182 valence electrons. The number of ether oxygens (including phenoxy) is 1. The van der Waals surface area contributed by atoms with Crippen LogP contribution in [0, 0.1) is 5.92 Å². The maximum atomic E-state index is 12.7. The summed E-state index contributed by atoms with van der Waals surface area (Å²) in [6.45, 7) is -0.303. The van der Waals surface area contributed by atoms with E-state index in [1.54, 1.807) is 53.6 Å². The summed E-state index contributed by atoms with van der Waals surface area (Å²) in [6, 6.07) is 9.13. The molecule has 1 aromatic carbocycles. The summed E-state index contributed by atoms with van der Waals surface area (Å²) < 4.78 is 24.5. The molecule has 1 aliphatic carbocycles. The topological polar surface area (TPSA) is 156 Å². The molecular weight excluding hydrogens is 463 g/mol. The van der Waals surface area contributed by atoms with Gasteiger partial charge in [0, 0.05) is 12.1 Å². The summed E-state index contributed by atoms with van der Waals surface area (Å²) in [5, 5.41) is 23.5. The number of carbonyl (C=O) groups is 1. The van der Waals surface area contributed by atoms with E-state index in [4.69, 9.17) is 9.26 Å². The molecule has 11 nitrogen and oxygen atoms in total. The van der Waals surface area contributed by atoms with Crippen molar-refractivity contribution in [1.29, 1.82) is 0 Å². The number of aliphatic hydroxyl groups is 2. The second kappa shape index (κ2) is 10.3. The van der Waals surface area contributed by atoms with Crippen molar-refractivity contribution in [2.75, 3.05) is 13.7 Å². The van der Waals surface area contributed by atoms with Gasteiger partial charge in [-0.3, -0.25) is 14.3 Å². The molecule has 4 N–H and O–H groups in total. The molecule has 2 aromatic heterocycles. The molecule has 1 fully saturated rings. The molecular formula is C22H27N4O7P. The lowest BCUT2D eigenvalue weighted by molar-refractivity contribution is -0.142. The van der Waals surface area contributed by atoms with E-state index < -0.39 is 43.9 Å². The van der Waals surface area contributed by atoms with Crippen LogP contribution < -0.4 is 5.09 Å². The average Bonchev–Trinajstić information content (AvgIpc) is 3.38. The molecule has 3 aromatic rings. The van der Waals surface area contributed by atoms with Gasteiger partial charge in [0.25, 0.3) is 0 Å². The van der Waals surface area contributed by atoms with Crippen molar-refractivity contribution in [3.05, 3.63) is 60.7 Å². The van der Waals surface area contributed by atoms with E-state index in [1.165, 1.54) is 7.11 Å². The van der Waals surface area contributed by atoms with Gasteiger partial charge in [-0.1, -0.05) is 30.3 Å². The van der Waals surface area contributed by atoms with E-state index in [0.29, 0.717) is 11.9 Å². The minimum absolute atomic E-state index is 0.122. The number of fused-ring (bicyclic) bond motifs is 1. The standard InChI is InChI=1S/C22H27N4O7P/c1-32-22(29)16(9-14-5-3-2-4-6-14)25-34(30,31)33-12-15-10-19(21(28)20(15)27)26-13-24-17-11-23-8-7-18(17)26/h2-8,11,13,15-16,19-21,27-28H,9-10,12H2,1H3,(H2,25,30,31)/t15?,16-,19?,20?,21?/m0/s1. The van der Waals surface area contributed by atoms with Crippen LogP contribution in [-0.4, -0.2) is 67.6 Å². The number of methoxy groups -OCH3 is 1. The van der Waals surface area contributed by atoms with Crippen LogP contribution in [0.2, 0.25) is 0 Å². The highest BCUT2D eigenvalue weighted by Gasteiger charge is 2.44. The Balaban J connectivity index is 1.41. The van der Waals surface area contributed by atoms with Crippen LogP contribution in [-0.2, 0) is 25.0 Å². The predicted molar refractivity (Wildman–Crippen MR) is 122 cm³/mol. The van der Waals surface area contributed by atoms with Crippen LogP contribution in [0.4, 0.5) is 0 Å². The van der Waals surface area contributed by atoms with E-state index in [9.17, 15) is 24.5 Å². The van der Waals surface area contributed by atoms with Gasteiger partial charge in [0.1, 0.15) is 17.7 Å². The normalized spacial score (nSPS) is 25.2. The molecule has 0 spiro atoms. The predicted octanol–water partition coefficient (Wildman–Crippen LogP) is 1.20. The minimum atomic E-state index is -4.44. The highest BCUT2D eigenvalue weighted by atomic mass is 31.2. The first-order valence-electron chi connectivity index (χ1n) is 10.8. The Morgan fingerprint density at radius 1 is 1.26 bits per heavy atom. The monoisotopic (exact) mass is 490 g/mol. The average molecular weight is 490 g/mol. The lowest BCUT2D eigenvalue weighted by Gasteiger charge is -2.22. The number of aliphatic hydroxyl groups excluding tert-OH is 2. The van der Waals surface area contributed by atoms with Gasteiger partial charge in [-0.2, -0.15) is 0 Å². The molecule has 4 rings (SSSR count). The lowest BCUT2D eigenvalue weighted by atomic mass is 10.1. The molecule has 34 heavy (non-hydrogen) atoms. The third kappa shape index (κ3) is 5.35.